The third-order valence-corrected chi connectivity index (χ3v) is 8.21. The minimum Gasteiger partial charge on any atom is -0.391 e. The number of amides is 2. The zero-order valence-corrected chi connectivity index (χ0v) is 23.9. The number of aromatic nitrogens is 5. The van der Waals surface area contributed by atoms with Gasteiger partial charge in [0.1, 0.15) is 23.9 Å². The highest BCUT2D eigenvalue weighted by molar-refractivity contribution is 5.90. The van der Waals surface area contributed by atoms with Crippen molar-refractivity contribution in [3.63, 3.8) is 0 Å². The van der Waals surface area contributed by atoms with Crippen molar-refractivity contribution < 1.29 is 14.7 Å². The molecule has 2 fully saturated rings. The van der Waals surface area contributed by atoms with Gasteiger partial charge >= 0.3 is 0 Å². The Labute approximate surface area is 239 Å². The molecule has 1 aliphatic carbocycles. The summed E-state index contributed by atoms with van der Waals surface area (Å²) in [5, 5.41) is 22.5. The summed E-state index contributed by atoms with van der Waals surface area (Å²) in [6.07, 6.45) is 3.38. The number of imidazole rings is 1. The number of likely N-dealkylation sites (tertiary alicyclic amines) is 1. The predicted molar refractivity (Wildman–Crippen MR) is 154 cm³/mol. The van der Waals surface area contributed by atoms with Crippen LogP contribution in [-0.4, -0.2) is 65.1 Å². The first-order chi connectivity index (χ1) is 19.6. The van der Waals surface area contributed by atoms with E-state index in [1.54, 1.807) is 4.68 Å². The highest BCUT2D eigenvalue weighted by Gasteiger charge is 2.46. The Morgan fingerprint density at radius 3 is 2.44 bits per heavy atom. The molecule has 3 heterocycles. The van der Waals surface area contributed by atoms with Crippen LogP contribution in [0.3, 0.4) is 0 Å². The number of fused-ring (bicyclic) bond motifs is 1. The average Bonchev–Trinajstić information content (AvgIpc) is 3.41. The molecule has 1 saturated carbocycles. The SMILES string of the molecule is Cn1c(C(NC(=O)[C@@H]2C[C@@H](O)CN2C(=O)[C@@H](n2cc(C3CC3)nn2)C(C)(C)C)c2ccccc2)nc2ccccc21. The summed E-state index contributed by atoms with van der Waals surface area (Å²) in [5.74, 6) is 0.510. The largest absolute Gasteiger partial charge is 0.391 e. The summed E-state index contributed by atoms with van der Waals surface area (Å²) in [7, 11) is 1.93. The van der Waals surface area contributed by atoms with E-state index in [0.717, 1.165) is 35.1 Å². The number of nitrogens with zero attached hydrogens (tertiary/aromatic N) is 6. The molecular formula is C31H37N7O3. The van der Waals surface area contributed by atoms with E-state index in [9.17, 15) is 14.7 Å². The normalized spacial score (nSPS) is 20.8. The first-order valence-electron chi connectivity index (χ1n) is 14.3. The molecule has 2 aromatic heterocycles. The van der Waals surface area contributed by atoms with Crippen LogP contribution in [0.25, 0.3) is 11.0 Å². The molecule has 1 unspecified atom stereocenters. The number of hydrogen-bond acceptors (Lipinski definition) is 6. The lowest BCUT2D eigenvalue weighted by atomic mass is 9.85. The molecule has 1 aliphatic heterocycles. The lowest BCUT2D eigenvalue weighted by molar-refractivity contribution is -0.144. The van der Waals surface area contributed by atoms with Gasteiger partial charge in [0.05, 0.1) is 22.8 Å². The number of hydrogen-bond donors (Lipinski definition) is 2. The molecule has 41 heavy (non-hydrogen) atoms. The number of rotatable bonds is 7. The summed E-state index contributed by atoms with van der Waals surface area (Å²) in [5.41, 5.74) is 3.06. The molecule has 214 valence electrons. The molecule has 2 aromatic carbocycles. The molecule has 0 bridgehead atoms. The molecule has 10 nitrogen and oxygen atoms in total. The van der Waals surface area contributed by atoms with E-state index in [4.69, 9.17) is 4.98 Å². The zero-order valence-electron chi connectivity index (χ0n) is 23.9. The molecule has 4 atom stereocenters. The minimum atomic E-state index is -0.838. The Morgan fingerprint density at radius 2 is 1.76 bits per heavy atom. The standard InChI is InChI=1S/C31H37N7O3/c1-31(2,3)27(38-18-23(34-35-38)19-14-15-19)30(41)37-17-21(39)16-25(37)29(40)33-26(20-10-6-5-7-11-20)28-32-22-12-8-9-13-24(22)36(28)4/h5-13,18-19,21,25-27,39H,14-17H2,1-4H3,(H,33,40)/t21-,25+,26?,27-/m1/s1. The van der Waals surface area contributed by atoms with Crippen molar-refractivity contribution in [1.82, 2.24) is 34.8 Å². The summed E-state index contributed by atoms with van der Waals surface area (Å²) in [6.45, 7) is 6.02. The molecule has 0 radical (unpaired) electrons. The number of carbonyl (C=O) groups excluding carboxylic acids is 2. The molecule has 2 amide bonds. The number of carbonyl (C=O) groups is 2. The smallest absolute Gasteiger partial charge is 0.248 e. The van der Waals surface area contributed by atoms with Gasteiger partial charge in [0.15, 0.2) is 0 Å². The Morgan fingerprint density at radius 1 is 1.05 bits per heavy atom. The summed E-state index contributed by atoms with van der Waals surface area (Å²) in [4.78, 5) is 34.6. The van der Waals surface area contributed by atoms with Gasteiger partial charge in [-0.05, 0) is 36.0 Å². The fourth-order valence-electron chi connectivity index (χ4n) is 5.93. The van der Waals surface area contributed by atoms with E-state index in [-0.39, 0.29) is 24.8 Å². The summed E-state index contributed by atoms with van der Waals surface area (Å²) < 4.78 is 3.62. The molecule has 6 rings (SSSR count). The molecule has 0 spiro atoms. The van der Waals surface area contributed by atoms with Crippen LogP contribution in [0.2, 0.25) is 0 Å². The third-order valence-electron chi connectivity index (χ3n) is 8.21. The first kappa shape index (κ1) is 27.1. The lowest BCUT2D eigenvalue weighted by Crippen LogP contribution is -2.51. The molecule has 1 saturated heterocycles. The maximum Gasteiger partial charge on any atom is 0.248 e. The van der Waals surface area contributed by atoms with Crippen molar-refractivity contribution in [2.24, 2.45) is 12.5 Å². The minimum absolute atomic E-state index is 0.0793. The second-order valence-electron chi connectivity index (χ2n) is 12.4. The van der Waals surface area contributed by atoms with Gasteiger partial charge in [-0.3, -0.25) is 9.59 Å². The van der Waals surface area contributed by atoms with E-state index >= 15 is 0 Å². The molecular weight excluding hydrogens is 518 g/mol. The Bertz CT molecular complexity index is 1570. The number of β-amino-alcohol motifs (C(OH)–C–C–N with tert-alkyl or cyclic N) is 1. The topological polar surface area (TPSA) is 118 Å². The Balaban J connectivity index is 1.31. The second-order valence-corrected chi connectivity index (χ2v) is 12.4. The number of para-hydroxylation sites is 2. The van der Waals surface area contributed by atoms with E-state index in [1.807, 2.05) is 93.2 Å². The van der Waals surface area contributed by atoms with Crippen LogP contribution in [0.1, 0.15) is 75.1 Å². The quantitative estimate of drug-likeness (QED) is 0.360. The maximum atomic E-state index is 14.2. The van der Waals surface area contributed by atoms with Crippen LogP contribution in [0, 0.1) is 5.41 Å². The van der Waals surface area contributed by atoms with E-state index in [2.05, 4.69) is 15.6 Å². The summed E-state index contributed by atoms with van der Waals surface area (Å²) in [6, 6.07) is 15.5. The van der Waals surface area contributed by atoms with E-state index < -0.39 is 29.6 Å². The number of aryl methyl sites for hydroxylation is 1. The number of benzene rings is 2. The Kier molecular flexibility index (Phi) is 6.89. The van der Waals surface area contributed by atoms with Crippen LogP contribution < -0.4 is 5.32 Å². The third kappa shape index (κ3) is 5.24. The van der Waals surface area contributed by atoms with Crippen LogP contribution in [0.15, 0.2) is 60.8 Å². The van der Waals surface area contributed by atoms with Gasteiger partial charge in [0, 0.05) is 32.1 Å². The van der Waals surface area contributed by atoms with E-state index in [1.165, 1.54) is 4.90 Å². The van der Waals surface area contributed by atoms with Crippen LogP contribution in [-0.2, 0) is 16.6 Å². The van der Waals surface area contributed by atoms with Crippen molar-refractivity contribution in [3.05, 3.63) is 77.9 Å². The highest BCUT2D eigenvalue weighted by atomic mass is 16.3. The fourth-order valence-corrected chi connectivity index (χ4v) is 5.93. The second kappa shape index (κ2) is 10.4. The highest BCUT2D eigenvalue weighted by Crippen LogP contribution is 2.40. The monoisotopic (exact) mass is 555 g/mol. The van der Waals surface area contributed by atoms with Gasteiger partial charge in [0.25, 0.3) is 0 Å². The molecule has 4 aromatic rings. The predicted octanol–water partition coefficient (Wildman–Crippen LogP) is 3.50. The molecule has 2 aliphatic rings. The number of aliphatic hydroxyl groups is 1. The van der Waals surface area contributed by atoms with Gasteiger partial charge < -0.3 is 19.9 Å². The Hall–Kier alpha value is -4.05. The van der Waals surface area contributed by atoms with Gasteiger partial charge in [-0.2, -0.15) is 0 Å². The molecule has 2 N–H and O–H groups in total. The summed E-state index contributed by atoms with van der Waals surface area (Å²) >= 11 is 0. The maximum absolute atomic E-state index is 14.2. The van der Waals surface area contributed by atoms with Gasteiger partial charge in [-0.15, -0.1) is 5.10 Å². The van der Waals surface area contributed by atoms with Crippen molar-refractivity contribution in [1.29, 1.82) is 0 Å². The van der Waals surface area contributed by atoms with Crippen molar-refractivity contribution >= 4 is 22.8 Å². The number of aliphatic hydroxyl groups excluding tert-OH is 1. The van der Waals surface area contributed by atoms with Crippen molar-refractivity contribution in [2.45, 2.75) is 70.2 Å². The number of nitrogens with one attached hydrogen (secondary N) is 1. The van der Waals surface area contributed by atoms with Crippen LogP contribution in [0.5, 0.6) is 0 Å². The van der Waals surface area contributed by atoms with Crippen LogP contribution in [0.4, 0.5) is 0 Å². The van der Waals surface area contributed by atoms with Crippen molar-refractivity contribution in [3.8, 4) is 0 Å². The van der Waals surface area contributed by atoms with Crippen LogP contribution >= 0.6 is 0 Å². The lowest BCUT2D eigenvalue weighted by Gasteiger charge is -2.35. The van der Waals surface area contributed by atoms with Gasteiger partial charge in [-0.25, -0.2) is 9.67 Å². The van der Waals surface area contributed by atoms with Gasteiger partial charge in [0.2, 0.25) is 11.8 Å². The van der Waals surface area contributed by atoms with E-state index in [0.29, 0.717) is 11.7 Å². The zero-order chi connectivity index (χ0) is 28.9. The fraction of sp³-hybridized carbons (Fsp3) is 0.452. The molecule has 10 heteroatoms. The van der Waals surface area contributed by atoms with Crippen molar-refractivity contribution in [2.75, 3.05) is 6.54 Å². The average molecular weight is 556 g/mol. The first-order valence-corrected chi connectivity index (χ1v) is 14.3. The van der Waals surface area contributed by atoms with Gasteiger partial charge in [-0.1, -0.05) is 68.4 Å².